The molecule has 0 spiro atoms. The number of Topliss-reactive ketones (excluding diaryl/α,β-unsaturated/α-hetero) is 1. The van der Waals surface area contributed by atoms with Gasteiger partial charge in [-0.05, 0) is 62.8 Å². The maximum Gasteiger partial charge on any atom is 0.178 e. The van der Waals surface area contributed by atoms with Crippen molar-refractivity contribution in [3.05, 3.63) is 77.9 Å². The zero-order valence-electron chi connectivity index (χ0n) is 16.3. The van der Waals surface area contributed by atoms with Crippen LogP contribution in [0.2, 0.25) is 0 Å². The normalized spacial score (nSPS) is 11.4. The molecule has 2 aromatic carbocycles. The zero-order chi connectivity index (χ0) is 20.2. The van der Waals surface area contributed by atoms with Crippen LogP contribution in [0.3, 0.4) is 0 Å². The van der Waals surface area contributed by atoms with Crippen molar-refractivity contribution >= 4 is 16.7 Å². The van der Waals surface area contributed by atoms with Gasteiger partial charge in [0.25, 0.3) is 0 Å². The van der Waals surface area contributed by atoms with Crippen LogP contribution in [-0.4, -0.2) is 46.0 Å². The fourth-order valence-electron chi connectivity index (χ4n) is 3.51. The molecule has 4 rings (SSSR count). The third-order valence-electron chi connectivity index (χ3n) is 5.06. The van der Waals surface area contributed by atoms with E-state index in [0.29, 0.717) is 6.54 Å². The molecule has 0 saturated heterocycles. The standard InChI is InChI=1S/C23H23FN4O/c1-28(15-23(29)20-14-25-21-7-3-2-6-19(20)21)12-4-5-18-13-22(27-26-18)16-8-10-17(24)11-9-16/h2-3,6-11,13-14,25H,4-5,12,15H2,1H3,(H,26,27). The van der Waals surface area contributed by atoms with Crippen LogP contribution in [0, 0.1) is 5.82 Å². The van der Waals surface area contributed by atoms with Crippen LogP contribution >= 0.6 is 0 Å². The number of aromatic amines is 2. The topological polar surface area (TPSA) is 64.8 Å². The molecule has 0 aliphatic carbocycles. The second-order valence-electron chi connectivity index (χ2n) is 7.30. The number of carbonyl (C=O) groups excluding carboxylic acids is 1. The molecule has 29 heavy (non-hydrogen) atoms. The van der Waals surface area contributed by atoms with Crippen molar-refractivity contribution in [3.8, 4) is 11.3 Å². The van der Waals surface area contributed by atoms with Gasteiger partial charge in [-0.15, -0.1) is 0 Å². The molecule has 148 valence electrons. The number of halogens is 1. The Balaban J connectivity index is 1.28. The van der Waals surface area contributed by atoms with Crippen LogP contribution in [0.5, 0.6) is 0 Å². The zero-order valence-corrected chi connectivity index (χ0v) is 16.3. The fourth-order valence-corrected chi connectivity index (χ4v) is 3.51. The van der Waals surface area contributed by atoms with Gasteiger partial charge in [-0.1, -0.05) is 18.2 Å². The maximum absolute atomic E-state index is 13.0. The molecule has 0 radical (unpaired) electrons. The van der Waals surface area contributed by atoms with Gasteiger partial charge in [0.05, 0.1) is 12.2 Å². The summed E-state index contributed by atoms with van der Waals surface area (Å²) in [5.41, 5.74) is 4.44. The molecule has 0 aliphatic heterocycles. The van der Waals surface area contributed by atoms with Crippen molar-refractivity contribution in [2.45, 2.75) is 12.8 Å². The summed E-state index contributed by atoms with van der Waals surface area (Å²) in [5.74, 6) is -0.139. The highest BCUT2D eigenvalue weighted by Gasteiger charge is 2.14. The van der Waals surface area contributed by atoms with Crippen molar-refractivity contribution in [1.82, 2.24) is 20.1 Å². The highest BCUT2D eigenvalue weighted by molar-refractivity contribution is 6.08. The molecule has 6 heteroatoms. The number of H-pyrrole nitrogens is 2. The van der Waals surface area contributed by atoms with Crippen molar-refractivity contribution in [1.29, 1.82) is 0 Å². The Morgan fingerprint density at radius 2 is 1.93 bits per heavy atom. The molecule has 0 atom stereocenters. The van der Waals surface area contributed by atoms with Crippen LogP contribution < -0.4 is 0 Å². The van der Waals surface area contributed by atoms with Crippen LogP contribution in [-0.2, 0) is 6.42 Å². The number of hydrogen-bond donors (Lipinski definition) is 2. The number of benzene rings is 2. The minimum Gasteiger partial charge on any atom is -0.360 e. The molecule has 0 amide bonds. The van der Waals surface area contributed by atoms with E-state index in [0.717, 1.165) is 52.8 Å². The molecule has 0 saturated carbocycles. The summed E-state index contributed by atoms with van der Waals surface area (Å²) in [6.45, 7) is 1.19. The van der Waals surface area contributed by atoms with Gasteiger partial charge in [-0.2, -0.15) is 5.10 Å². The predicted molar refractivity (Wildman–Crippen MR) is 112 cm³/mol. The first-order valence-electron chi connectivity index (χ1n) is 9.68. The Labute approximate surface area is 168 Å². The van der Waals surface area contributed by atoms with Crippen molar-refractivity contribution < 1.29 is 9.18 Å². The summed E-state index contributed by atoms with van der Waals surface area (Å²) in [4.78, 5) is 17.8. The molecule has 2 heterocycles. The summed E-state index contributed by atoms with van der Waals surface area (Å²) < 4.78 is 13.0. The molecule has 0 unspecified atom stereocenters. The summed E-state index contributed by atoms with van der Waals surface area (Å²) >= 11 is 0. The number of hydrogen-bond acceptors (Lipinski definition) is 3. The van der Waals surface area contributed by atoms with Crippen LogP contribution in [0.4, 0.5) is 4.39 Å². The minimum absolute atomic E-state index is 0.116. The van der Waals surface area contributed by atoms with Crippen molar-refractivity contribution in [2.24, 2.45) is 0 Å². The molecule has 2 N–H and O–H groups in total. The molecule has 0 bridgehead atoms. The summed E-state index contributed by atoms with van der Waals surface area (Å²) in [6, 6.07) is 16.1. The number of para-hydroxylation sites is 1. The molecule has 5 nitrogen and oxygen atoms in total. The number of nitrogens with one attached hydrogen (secondary N) is 2. The highest BCUT2D eigenvalue weighted by atomic mass is 19.1. The van der Waals surface area contributed by atoms with E-state index in [1.54, 1.807) is 18.3 Å². The minimum atomic E-state index is -0.255. The number of nitrogens with zero attached hydrogens (tertiary/aromatic N) is 2. The summed E-state index contributed by atoms with van der Waals surface area (Å²) in [5, 5.41) is 8.32. The van der Waals surface area contributed by atoms with E-state index in [4.69, 9.17) is 0 Å². The highest BCUT2D eigenvalue weighted by Crippen LogP contribution is 2.19. The van der Waals surface area contributed by atoms with Gasteiger partial charge >= 0.3 is 0 Å². The largest absolute Gasteiger partial charge is 0.360 e. The smallest absolute Gasteiger partial charge is 0.178 e. The number of ketones is 1. The van der Waals surface area contributed by atoms with Gasteiger partial charge in [-0.3, -0.25) is 14.8 Å². The Kier molecular flexibility index (Phi) is 5.53. The van der Waals surface area contributed by atoms with E-state index >= 15 is 0 Å². The average Bonchev–Trinajstić information content (AvgIpc) is 3.36. The van der Waals surface area contributed by atoms with Gasteiger partial charge in [0.1, 0.15) is 5.82 Å². The first-order valence-corrected chi connectivity index (χ1v) is 9.68. The Morgan fingerprint density at radius 3 is 2.76 bits per heavy atom. The fraction of sp³-hybridized carbons (Fsp3) is 0.217. The summed E-state index contributed by atoms with van der Waals surface area (Å²) in [6.07, 6.45) is 3.53. The van der Waals surface area contributed by atoms with E-state index in [2.05, 4.69) is 15.2 Å². The van der Waals surface area contributed by atoms with Crippen molar-refractivity contribution in [2.75, 3.05) is 20.1 Å². The van der Waals surface area contributed by atoms with Gasteiger partial charge in [-0.25, -0.2) is 4.39 Å². The first-order chi connectivity index (χ1) is 14.1. The molecular weight excluding hydrogens is 367 g/mol. The van der Waals surface area contributed by atoms with E-state index in [9.17, 15) is 9.18 Å². The average molecular weight is 390 g/mol. The SMILES string of the molecule is CN(CCCc1cc(-c2ccc(F)cc2)n[nH]1)CC(=O)c1c[nH]c2ccccc12. The Morgan fingerprint density at radius 1 is 1.14 bits per heavy atom. The van der Waals surface area contributed by atoms with E-state index in [1.165, 1.54) is 12.1 Å². The number of fused-ring (bicyclic) bond motifs is 1. The lowest BCUT2D eigenvalue weighted by molar-refractivity contribution is 0.0947. The van der Waals surface area contributed by atoms with Gasteiger partial charge < -0.3 is 4.98 Å². The Bertz CT molecular complexity index is 1110. The maximum atomic E-state index is 13.0. The number of carbonyl (C=O) groups is 1. The molecule has 0 fully saturated rings. The number of likely N-dealkylation sites (N-methyl/N-ethyl adjacent to an activating group) is 1. The number of aryl methyl sites for hydroxylation is 1. The molecule has 0 aliphatic rings. The van der Waals surface area contributed by atoms with Crippen LogP contribution in [0.15, 0.2) is 60.8 Å². The lowest BCUT2D eigenvalue weighted by Gasteiger charge is -2.15. The van der Waals surface area contributed by atoms with Crippen LogP contribution in [0.1, 0.15) is 22.5 Å². The molecular formula is C23H23FN4O. The lowest BCUT2D eigenvalue weighted by atomic mass is 10.1. The number of rotatable bonds is 8. The quantitative estimate of drug-likeness (QED) is 0.437. The van der Waals surface area contributed by atoms with E-state index < -0.39 is 0 Å². The second-order valence-corrected chi connectivity index (χ2v) is 7.30. The van der Waals surface area contributed by atoms with Gasteiger partial charge in [0.2, 0.25) is 0 Å². The van der Waals surface area contributed by atoms with Gasteiger partial charge in [0, 0.05) is 33.9 Å². The van der Waals surface area contributed by atoms with Crippen molar-refractivity contribution in [3.63, 3.8) is 0 Å². The van der Waals surface area contributed by atoms with E-state index in [-0.39, 0.29) is 11.6 Å². The van der Waals surface area contributed by atoms with E-state index in [1.807, 2.05) is 42.3 Å². The van der Waals surface area contributed by atoms with Crippen LogP contribution in [0.25, 0.3) is 22.2 Å². The summed E-state index contributed by atoms with van der Waals surface area (Å²) in [7, 11) is 1.96. The van der Waals surface area contributed by atoms with Gasteiger partial charge in [0.15, 0.2) is 5.78 Å². The second kappa shape index (κ2) is 8.41. The monoisotopic (exact) mass is 390 g/mol. The lowest BCUT2D eigenvalue weighted by Crippen LogP contribution is -2.27. The predicted octanol–water partition coefficient (Wildman–Crippen LogP) is 4.44. The first kappa shape index (κ1) is 19.1. The Hall–Kier alpha value is -3.25. The molecule has 2 aromatic heterocycles. The molecule has 4 aromatic rings. The third kappa shape index (κ3) is 4.43. The number of aromatic nitrogens is 3. The third-order valence-corrected chi connectivity index (χ3v) is 5.06.